The van der Waals surface area contributed by atoms with Crippen LogP contribution in [0.25, 0.3) is 10.8 Å². The van der Waals surface area contributed by atoms with Crippen LogP contribution in [-0.4, -0.2) is 10.2 Å². The van der Waals surface area contributed by atoms with Crippen molar-refractivity contribution >= 4 is 16.6 Å². The number of aromatic nitrogens is 2. The molecule has 0 aliphatic heterocycles. The van der Waals surface area contributed by atoms with E-state index >= 15 is 0 Å². The molecule has 1 aromatic heterocycles. The van der Waals surface area contributed by atoms with E-state index in [2.05, 4.69) is 10.2 Å². The number of nitrogens with one attached hydrogen (secondary N) is 1. The zero-order valence-electron chi connectivity index (χ0n) is 5.78. The lowest BCUT2D eigenvalue weighted by Crippen LogP contribution is -1.84. The molecule has 0 atom stereocenters. The lowest BCUT2D eigenvalue weighted by Gasteiger charge is -1.95. The minimum Gasteiger partial charge on any atom is -0.281 e. The Morgan fingerprint density at radius 1 is 1.18 bits per heavy atom. The molecule has 1 N–H and O–H groups in total. The predicted octanol–water partition coefficient (Wildman–Crippen LogP) is 1.54. The van der Waals surface area contributed by atoms with Gasteiger partial charge in [0.2, 0.25) is 0 Å². The maximum Gasteiger partial charge on any atom is 0.175 e. The standard InChI is InChI=1S/C8H6N3/c9-8-7-4-2-1-3-6(7)5-10-11-8/h1-5,9H. The largest absolute Gasteiger partial charge is 0.281 e. The highest BCUT2D eigenvalue weighted by Crippen LogP contribution is 2.16. The Morgan fingerprint density at radius 2 is 2.00 bits per heavy atom. The van der Waals surface area contributed by atoms with Crippen molar-refractivity contribution in [3.05, 3.63) is 30.5 Å². The fourth-order valence-electron chi connectivity index (χ4n) is 1.03. The Balaban J connectivity index is 2.91. The first-order valence-corrected chi connectivity index (χ1v) is 3.30. The molecule has 11 heavy (non-hydrogen) atoms. The normalized spacial score (nSPS) is 10.2. The lowest BCUT2D eigenvalue weighted by molar-refractivity contribution is 1.04. The number of rotatable bonds is 0. The molecular weight excluding hydrogens is 138 g/mol. The van der Waals surface area contributed by atoms with Crippen molar-refractivity contribution < 1.29 is 0 Å². The number of benzene rings is 1. The van der Waals surface area contributed by atoms with Crippen molar-refractivity contribution in [3.8, 4) is 0 Å². The fraction of sp³-hybridized carbons (Fsp3) is 0. The summed E-state index contributed by atoms with van der Waals surface area (Å²) in [6, 6.07) is 7.60. The molecule has 2 rings (SSSR count). The molecule has 0 aliphatic carbocycles. The Kier molecular flexibility index (Phi) is 1.22. The van der Waals surface area contributed by atoms with Gasteiger partial charge >= 0.3 is 0 Å². The molecule has 0 spiro atoms. The summed E-state index contributed by atoms with van der Waals surface area (Å²) in [5.41, 5.74) is 7.39. The van der Waals surface area contributed by atoms with Crippen molar-refractivity contribution in [1.29, 1.82) is 0 Å². The van der Waals surface area contributed by atoms with Gasteiger partial charge in [-0.15, -0.1) is 5.10 Å². The Bertz CT molecular complexity index is 378. The highest BCUT2D eigenvalue weighted by molar-refractivity contribution is 5.88. The van der Waals surface area contributed by atoms with Gasteiger partial charge in [0, 0.05) is 10.8 Å². The molecule has 0 saturated heterocycles. The monoisotopic (exact) mass is 144 g/mol. The zero-order chi connectivity index (χ0) is 7.68. The first kappa shape index (κ1) is 6.09. The second-order valence-electron chi connectivity index (χ2n) is 2.28. The number of nitrogens with zero attached hydrogens (tertiary/aromatic N) is 2. The second kappa shape index (κ2) is 2.20. The van der Waals surface area contributed by atoms with E-state index in [1.165, 1.54) is 0 Å². The average Bonchev–Trinajstić information content (AvgIpc) is 2.06. The van der Waals surface area contributed by atoms with Crippen LogP contribution in [0.5, 0.6) is 0 Å². The molecule has 0 fully saturated rings. The van der Waals surface area contributed by atoms with Gasteiger partial charge < -0.3 is 0 Å². The molecule has 1 radical (unpaired) electrons. The van der Waals surface area contributed by atoms with Crippen molar-refractivity contribution in [1.82, 2.24) is 15.9 Å². The van der Waals surface area contributed by atoms with E-state index in [4.69, 9.17) is 5.73 Å². The second-order valence-corrected chi connectivity index (χ2v) is 2.28. The minimum atomic E-state index is 0.239. The van der Waals surface area contributed by atoms with Gasteiger partial charge in [-0.1, -0.05) is 24.3 Å². The molecule has 2 aromatic rings. The smallest absolute Gasteiger partial charge is 0.175 e. The Hall–Kier alpha value is -1.64. The van der Waals surface area contributed by atoms with Gasteiger partial charge in [0.15, 0.2) is 5.82 Å². The molecule has 3 nitrogen and oxygen atoms in total. The van der Waals surface area contributed by atoms with Crippen LogP contribution in [0.2, 0.25) is 0 Å². The van der Waals surface area contributed by atoms with Gasteiger partial charge in [0.1, 0.15) is 0 Å². The van der Waals surface area contributed by atoms with Crippen LogP contribution >= 0.6 is 0 Å². The molecule has 0 bridgehead atoms. The van der Waals surface area contributed by atoms with E-state index in [1.54, 1.807) is 6.20 Å². The highest BCUT2D eigenvalue weighted by Gasteiger charge is 1.96. The van der Waals surface area contributed by atoms with Crippen molar-refractivity contribution in [3.63, 3.8) is 0 Å². The summed E-state index contributed by atoms with van der Waals surface area (Å²) in [5.74, 6) is 0.239. The molecule has 3 heteroatoms. The van der Waals surface area contributed by atoms with Gasteiger partial charge in [-0.2, -0.15) is 5.10 Å². The lowest BCUT2D eigenvalue weighted by atomic mass is 10.2. The molecule has 1 aromatic carbocycles. The minimum absolute atomic E-state index is 0.239. The van der Waals surface area contributed by atoms with E-state index in [1.807, 2.05) is 24.3 Å². The molecule has 0 aliphatic rings. The summed E-state index contributed by atoms with van der Waals surface area (Å²) in [6.07, 6.45) is 1.66. The third-order valence-corrected chi connectivity index (χ3v) is 1.57. The van der Waals surface area contributed by atoms with Crippen LogP contribution in [0.1, 0.15) is 0 Å². The molecule has 1 heterocycles. The summed E-state index contributed by atoms with van der Waals surface area (Å²) >= 11 is 0. The van der Waals surface area contributed by atoms with E-state index in [0.717, 1.165) is 10.8 Å². The number of hydrogen-bond donors (Lipinski definition) is 0. The first-order chi connectivity index (χ1) is 5.38. The van der Waals surface area contributed by atoms with Crippen LogP contribution in [0, 0.1) is 0 Å². The van der Waals surface area contributed by atoms with Crippen molar-refractivity contribution in [2.75, 3.05) is 0 Å². The number of fused-ring (bicyclic) bond motifs is 1. The molecular formula is C8H6N3. The van der Waals surface area contributed by atoms with Crippen molar-refractivity contribution in [2.24, 2.45) is 0 Å². The molecule has 0 amide bonds. The average molecular weight is 144 g/mol. The van der Waals surface area contributed by atoms with Crippen LogP contribution in [0.3, 0.4) is 0 Å². The van der Waals surface area contributed by atoms with Gasteiger partial charge in [0.05, 0.1) is 6.20 Å². The molecule has 0 saturated carbocycles. The summed E-state index contributed by atoms with van der Waals surface area (Å²) in [4.78, 5) is 0. The van der Waals surface area contributed by atoms with Crippen LogP contribution in [0.15, 0.2) is 30.5 Å². The molecule has 0 unspecified atom stereocenters. The quantitative estimate of drug-likeness (QED) is 0.563. The Labute approximate surface area is 63.9 Å². The van der Waals surface area contributed by atoms with Gasteiger partial charge in [-0.25, -0.2) is 0 Å². The van der Waals surface area contributed by atoms with E-state index < -0.39 is 0 Å². The van der Waals surface area contributed by atoms with Gasteiger partial charge in [-0.05, 0) is 0 Å². The zero-order valence-corrected chi connectivity index (χ0v) is 5.78. The first-order valence-electron chi connectivity index (χ1n) is 3.30. The predicted molar refractivity (Wildman–Crippen MR) is 42.3 cm³/mol. The maximum absolute atomic E-state index is 7.39. The summed E-state index contributed by atoms with van der Waals surface area (Å²) in [5, 5.41) is 9.11. The topological polar surface area (TPSA) is 49.6 Å². The third-order valence-electron chi connectivity index (χ3n) is 1.57. The van der Waals surface area contributed by atoms with Crippen LogP contribution in [0.4, 0.5) is 5.82 Å². The summed E-state index contributed by atoms with van der Waals surface area (Å²) < 4.78 is 0. The highest BCUT2D eigenvalue weighted by atomic mass is 15.1. The summed E-state index contributed by atoms with van der Waals surface area (Å²) in [6.45, 7) is 0. The van der Waals surface area contributed by atoms with E-state index in [-0.39, 0.29) is 5.82 Å². The fourth-order valence-corrected chi connectivity index (χ4v) is 1.03. The number of hydrogen-bond acceptors (Lipinski definition) is 2. The van der Waals surface area contributed by atoms with Crippen LogP contribution in [-0.2, 0) is 0 Å². The van der Waals surface area contributed by atoms with E-state index in [9.17, 15) is 0 Å². The van der Waals surface area contributed by atoms with Gasteiger partial charge in [-0.3, -0.25) is 5.73 Å². The Morgan fingerprint density at radius 3 is 2.82 bits per heavy atom. The maximum atomic E-state index is 7.39. The van der Waals surface area contributed by atoms with Gasteiger partial charge in [0.25, 0.3) is 0 Å². The SMILES string of the molecule is [NH]c1nncc2ccccc12. The third kappa shape index (κ3) is 0.902. The van der Waals surface area contributed by atoms with Crippen LogP contribution < -0.4 is 5.73 Å². The van der Waals surface area contributed by atoms with Crippen molar-refractivity contribution in [2.45, 2.75) is 0 Å². The van der Waals surface area contributed by atoms with E-state index in [0.29, 0.717) is 0 Å². The molecule has 53 valence electrons. The summed E-state index contributed by atoms with van der Waals surface area (Å²) in [7, 11) is 0.